The summed E-state index contributed by atoms with van der Waals surface area (Å²) in [5.74, 6) is 0. The van der Waals surface area contributed by atoms with Crippen LogP contribution in [-0.4, -0.2) is 6.54 Å². The molecule has 96 valence electrons. The molecule has 0 spiro atoms. The number of halogens is 1. The van der Waals surface area contributed by atoms with Gasteiger partial charge < -0.3 is 5.32 Å². The fraction of sp³-hybridized carbons (Fsp3) is 0.600. The molecular formula is C15H24ClN. The van der Waals surface area contributed by atoms with Crippen LogP contribution in [0.25, 0.3) is 0 Å². The molecule has 1 N–H and O–H groups in total. The summed E-state index contributed by atoms with van der Waals surface area (Å²) in [5.41, 5.74) is 1.20. The summed E-state index contributed by atoms with van der Waals surface area (Å²) in [6.45, 7) is 5.50. The smallest absolute Gasteiger partial charge is 0.0453 e. The Morgan fingerprint density at radius 3 is 2.53 bits per heavy atom. The molecule has 1 atom stereocenters. The summed E-state index contributed by atoms with van der Waals surface area (Å²) in [4.78, 5) is 0. The average Bonchev–Trinajstić information content (AvgIpc) is 2.34. The van der Waals surface area contributed by atoms with Gasteiger partial charge in [0.15, 0.2) is 0 Å². The summed E-state index contributed by atoms with van der Waals surface area (Å²) in [6, 6.07) is 8.41. The Morgan fingerprint density at radius 1 is 1.12 bits per heavy atom. The van der Waals surface area contributed by atoms with Gasteiger partial charge in [-0.3, -0.25) is 0 Å². The van der Waals surface area contributed by atoms with Crippen LogP contribution in [0.4, 0.5) is 0 Å². The molecule has 0 bridgehead atoms. The van der Waals surface area contributed by atoms with Crippen LogP contribution in [0.5, 0.6) is 0 Å². The van der Waals surface area contributed by atoms with Crippen LogP contribution >= 0.6 is 11.6 Å². The molecule has 0 fully saturated rings. The molecule has 0 aromatic heterocycles. The minimum atomic E-state index is 0.342. The Hall–Kier alpha value is -0.530. The van der Waals surface area contributed by atoms with Gasteiger partial charge in [0.2, 0.25) is 0 Å². The van der Waals surface area contributed by atoms with E-state index >= 15 is 0 Å². The van der Waals surface area contributed by atoms with Crippen LogP contribution in [0.15, 0.2) is 24.3 Å². The van der Waals surface area contributed by atoms with Crippen molar-refractivity contribution in [3.05, 3.63) is 34.9 Å². The van der Waals surface area contributed by atoms with Crippen molar-refractivity contribution in [3.8, 4) is 0 Å². The summed E-state index contributed by atoms with van der Waals surface area (Å²) in [7, 11) is 0. The summed E-state index contributed by atoms with van der Waals surface area (Å²) in [6.07, 6.45) is 6.62. The van der Waals surface area contributed by atoms with Crippen LogP contribution in [0.2, 0.25) is 5.02 Å². The number of hydrogen-bond donors (Lipinski definition) is 1. The second kappa shape index (κ2) is 8.54. The van der Waals surface area contributed by atoms with Crippen molar-refractivity contribution in [2.75, 3.05) is 6.54 Å². The van der Waals surface area contributed by atoms with E-state index < -0.39 is 0 Å². The highest BCUT2D eigenvalue weighted by Crippen LogP contribution is 2.21. The third kappa shape index (κ3) is 5.56. The molecule has 0 heterocycles. The zero-order chi connectivity index (χ0) is 12.5. The maximum atomic E-state index is 6.16. The second-order valence-corrected chi connectivity index (χ2v) is 5.02. The SMILES string of the molecule is CCCCCCCN[C@H](C)c1ccccc1Cl. The van der Waals surface area contributed by atoms with Crippen LogP contribution in [0, 0.1) is 0 Å². The van der Waals surface area contributed by atoms with Crippen LogP contribution in [0.1, 0.15) is 57.6 Å². The first kappa shape index (κ1) is 14.5. The molecule has 0 aliphatic rings. The van der Waals surface area contributed by atoms with Gasteiger partial charge >= 0.3 is 0 Å². The van der Waals surface area contributed by atoms with Crippen LogP contribution in [0.3, 0.4) is 0 Å². The minimum Gasteiger partial charge on any atom is -0.310 e. The highest BCUT2D eigenvalue weighted by Gasteiger charge is 2.07. The summed E-state index contributed by atoms with van der Waals surface area (Å²) >= 11 is 6.16. The molecular weight excluding hydrogens is 230 g/mol. The van der Waals surface area contributed by atoms with Crippen molar-refractivity contribution >= 4 is 11.6 Å². The maximum absolute atomic E-state index is 6.16. The molecule has 1 rings (SSSR count). The lowest BCUT2D eigenvalue weighted by Crippen LogP contribution is -2.20. The predicted octanol–water partition coefficient (Wildman–Crippen LogP) is 4.96. The lowest BCUT2D eigenvalue weighted by atomic mass is 10.1. The van der Waals surface area contributed by atoms with E-state index in [1.165, 1.54) is 37.7 Å². The molecule has 0 unspecified atom stereocenters. The molecule has 0 amide bonds. The van der Waals surface area contributed by atoms with Gasteiger partial charge in [0.1, 0.15) is 0 Å². The van der Waals surface area contributed by atoms with Crippen molar-refractivity contribution in [1.82, 2.24) is 5.32 Å². The van der Waals surface area contributed by atoms with E-state index in [1.54, 1.807) is 0 Å². The first-order valence-electron chi connectivity index (χ1n) is 6.73. The third-order valence-corrected chi connectivity index (χ3v) is 3.45. The van der Waals surface area contributed by atoms with Gasteiger partial charge in [0.25, 0.3) is 0 Å². The van der Waals surface area contributed by atoms with E-state index in [0.717, 1.165) is 11.6 Å². The molecule has 0 radical (unpaired) electrons. The molecule has 2 heteroatoms. The summed E-state index contributed by atoms with van der Waals surface area (Å²) in [5, 5.41) is 4.39. The fourth-order valence-electron chi connectivity index (χ4n) is 1.98. The normalized spacial score (nSPS) is 12.6. The van der Waals surface area contributed by atoms with E-state index in [2.05, 4.69) is 25.2 Å². The number of rotatable bonds is 8. The first-order chi connectivity index (χ1) is 8.25. The standard InChI is InChI=1S/C15H24ClN/c1-3-4-5-6-9-12-17-13(2)14-10-7-8-11-15(14)16/h7-8,10-11,13,17H,3-6,9,12H2,1-2H3/t13-/m1/s1. The Balaban J connectivity index is 2.21. The number of unbranched alkanes of at least 4 members (excludes halogenated alkanes) is 4. The Morgan fingerprint density at radius 2 is 1.82 bits per heavy atom. The van der Waals surface area contributed by atoms with Crippen molar-refractivity contribution in [2.24, 2.45) is 0 Å². The van der Waals surface area contributed by atoms with E-state index in [-0.39, 0.29) is 0 Å². The highest BCUT2D eigenvalue weighted by molar-refractivity contribution is 6.31. The quantitative estimate of drug-likeness (QED) is 0.646. The molecule has 0 aliphatic carbocycles. The largest absolute Gasteiger partial charge is 0.310 e. The van der Waals surface area contributed by atoms with Gasteiger partial charge in [0.05, 0.1) is 0 Å². The third-order valence-electron chi connectivity index (χ3n) is 3.10. The van der Waals surface area contributed by atoms with Gasteiger partial charge in [-0.15, -0.1) is 0 Å². The van der Waals surface area contributed by atoms with Gasteiger partial charge in [-0.1, -0.05) is 62.4 Å². The molecule has 1 aromatic carbocycles. The average molecular weight is 254 g/mol. The first-order valence-corrected chi connectivity index (χ1v) is 7.11. The number of nitrogens with one attached hydrogen (secondary N) is 1. The van der Waals surface area contributed by atoms with Gasteiger partial charge in [-0.25, -0.2) is 0 Å². The van der Waals surface area contributed by atoms with E-state index in [1.807, 2.05) is 18.2 Å². The maximum Gasteiger partial charge on any atom is 0.0453 e. The molecule has 0 saturated heterocycles. The van der Waals surface area contributed by atoms with Crippen molar-refractivity contribution in [3.63, 3.8) is 0 Å². The topological polar surface area (TPSA) is 12.0 Å². The number of hydrogen-bond acceptors (Lipinski definition) is 1. The van der Waals surface area contributed by atoms with Crippen molar-refractivity contribution < 1.29 is 0 Å². The lowest BCUT2D eigenvalue weighted by molar-refractivity contribution is 0.531. The summed E-state index contributed by atoms with van der Waals surface area (Å²) < 4.78 is 0. The van der Waals surface area contributed by atoms with E-state index in [9.17, 15) is 0 Å². The zero-order valence-corrected chi connectivity index (χ0v) is 11.8. The molecule has 1 nitrogen and oxygen atoms in total. The van der Waals surface area contributed by atoms with Crippen molar-refractivity contribution in [1.29, 1.82) is 0 Å². The second-order valence-electron chi connectivity index (χ2n) is 4.61. The molecule has 17 heavy (non-hydrogen) atoms. The fourth-order valence-corrected chi connectivity index (χ4v) is 2.28. The monoisotopic (exact) mass is 253 g/mol. The molecule has 0 saturated carbocycles. The number of benzene rings is 1. The Kier molecular flexibility index (Phi) is 7.30. The molecule has 0 aliphatic heterocycles. The van der Waals surface area contributed by atoms with E-state index in [0.29, 0.717) is 6.04 Å². The van der Waals surface area contributed by atoms with Crippen LogP contribution in [-0.2, 0) is 0 Å². The van der Waals surface area contributed by atoms with E-state index in [4.69, 9.17) is 11.6 Å². The highest BCUT2D eigenvalue weighted by atomic mass is 35.5. The molecule has 1 aromatic rings. The Labute approximate surface area is 111 Å². The predicted molar refractivity (Wildman–Crippen MR) is 76.6 cm³/mol. The lowest BCUT2D eigenvalue weighted by Gasteiger charge is -2.15. The van der Waals surface area contributed by atoms with Crippen molar-refractivity contribution in [2.45, 2.75) is 52.0 Å². The zero-order valence-electron chi connectivity index (χ0n) is 11.0. The minimum absolute atomic E-state index is 0.342. The van der Waals surface area contributed by atoms with Gasteiger partial charge in [-0.05, 0) is 31.5 Å². The Bertz CT molecular complexity index is 312. The van der Waals surface area contributed by atoms with Crippen LogP contribution < -0.4 is 5.32 Å². The van der Waals surface area contributed by atoms with Gasteiger partial charge in [0, 0.05) is 11.1 Å². The van der Waals surface area contributed by atoms with Gasteiger partial charge in [-0.2, -0.15) is 0 Å².